The highest BCUT2D eigenvalue weighted by Crippen LogP contribution is 2.30. The van der Waals surface area contributed by atoms with Gasteiger partial charge in [0.1, 0.15) is 0 Å². The van der Waals surface area contributed by atoms with Crippen molar-refractivity contribution in [2.45, 2.75) is 12.6 Å². The molecule has 1 aromatic carbocycles. The second kappa shape index (κ2) is 4.82. The van der Waals surface area contributed by atoms with Crippen molar-refractivity contribution in [3.05, 3.63) is 56.2 Å². The summed E-state index contributed by atoms with van der Waals surface area (Å²) >= 11 is 4.97. The Morgan fingerprint density at radius 2 is 1.71 bits per heavy atom. The molecule has 0 aliphatic rings. The van der Waals surface area contributed by atoms with E-state index in [1.54, 1.807) is 11.3 Å². The maximum Gasteiger partial charge on any atom is 0.416 e. The molecule has 0 atom stereocenters. The van der Waals surface area contributed by atoms with E-state index in [0.717, 1.165) is 27.7 Å². The van der Waals surface area contributed by atoms with Crippen LogP contribution in [0.15, 0.2) is 39.5 Å². The van der Waals surface area contributed by atoms with Crippen molar-refractivity contribution in [3.63, 3.8) is 0 Å². The number of rotatable bonds is 2. The van der Waals surface area contributed by atoms with Crippen LogP contribution >= 0.6 is 27.3 Å². The van der Waals surface area contributed by atoms with E-state index in [9.17, 15) is 13.2 Å². The molecular formula is C12H8BrF3S. The minimum atomic E-state index is -4.26. The Bertz CT molecular complexity index is 499. The van der Waals surface area contributed by atoms with Gasteiger partial charge in [0.15, 0.2) is 0 Å². The number of hydrogen-bond acceptors (Lipinski definition) is 1. The Morgan fingerprint density at radius 1 is 1.06 bits per heavy atom. The fraction of sp³-hybridized carbons (Fsp3) is 0.167. The molecule has 0 saturated heterocycles. The van der Waals surface area contributed by atoms with Gasteiger partial charge in [-0.3, -0.25) is 0 Å². The molecule has 90 valence electrons. The summed E-state index contributed by atoms with van der Waals surface area (Å²) in [6, 6.07) is 5.28. The molecule has 0 nitrogen and oxygen atoms in total. The molecule has 0 aliphatic heterocycles. The third-order valence-electron chi connectivity index (χ3n) is 2.36. The highest BCUT2D eigenvalue weighted by atomic mass is 79.9. The van der Waals surface area contributed by atoms with E-state index in [1.165, 1.54) is 12.1 Å². The van der Waals surface area contributed by atoms with Crippen molar-refractivity contribution >= 4 is 27.3 Å². The molecule has 1 heterocycles. The van der Waals surface area contributed by atoms with Gasteiger partial charge in [-0.2, -0.15) is 24.5 Å². The van der Waals surface area contributed by atoms with E-state index in [-0.39, 0.29) is 0 Å². The summed E-state index contributed by atoms with van der Waals surface area (Å²) in [6.45, 7) is 0. The summed E-state index contributed by atoms with van der Waals surface area (Å²) < 4.78 is 38.1. The molecule has 5 heteroatoms. The van der Waals surface area contributed by atoms with Crippen molar-refractivity contribution in [1.82, 2.24) is 0 Å². The lowest BCUT2D eigenvalue weighted by atomic mass is 10.1. The summed E-state index contributed by atoms with van der Waals surface area (Å²) in [5.41, 5.74) is 1.36. The number of alkyl halides is 3. The molecule has 0 aliphatic carbocycles. The fourth-order valence-corrected chi connectivity index (χ4v) is 2.91. The van der Waals surface area contributed by atoms with Crippen LogP contribution < -0.4 is 0 Å². The molecule has 0 spiro atoms. The summed E-state index contributed by atoms with van der Waals surface area (Å²) in [4.78, 5) is 0. The standard InChI is InChI=1S/C12H8BrF3S/c13-11-7-17-6-9(11)5-8-1-3-10(4-2-8)12(14,15)16/h1-4,6-7H,5H2. The average molecular weight is 321 g/mol. The first kappa shape index (κ1) is 12.6. The molecule has 0 unspecified atom stereocenters. The molecule has 0 fully saturated rings. The highest BCUT2D eigenvalue weighted by molar-refractivity contribution is 9.10. The fourth-order valence-electron chi connectivity index (χ4n) is 1.47. The van der Waals surface area contributed by atoms with E-state index in [0.29, 0.717) is 6.42 Å². The highest BCUT2D eigenvalue weighted by Gasteiger charge is 2.29. The minimum absolute atomic E-state index is 0.606. The quantitative estimate of drug-likeness (QED) is 0.720. The summed E-state index contributed by atoms with van der Waals surface area (Å²) in [5, 5.41) is 3.95. The first-order valence-corrected chi connectivity index (χ1v) is 6.57. The molecule has 0 bridgehead atoms. The molecule has 2 rings (SSSR count). The largest absolute Gasteiger partial charge is 0.416 e. The number of hydrogen-bond donors (Lipinski definition) is 0. The van der Waals surface area contributed by atoms with Gasteiger partial charge >= 0.3 is 6.18 Å². The molecule has 0 saturated carbocycles. The zero-order valence-corrected chi connectivity index (χ0v) is 11.0. The summed E-state index contributed by atoms with van der Waals surface area (Å²) in [7, 11) is 0. The van der Waals surface area contributed by atoms with E-state index in [4.69, 9.17) is 0 Å². The van der Waals surface area contributed by atoms with Crippen molar-refractivity contribution in [2.24, 2.45) is 0 Å². The molecule has 0 N–H and O–H groups in total. The van der Waals surface area contributed by atoms with Gasteiger partial charge in [-0.05, 0) is 51.0 Å². The second-order valence-electron chi connectivity index (χ2n) is 3.62. The lowest BCUT2D eigenvalue weighted by Crippen LogP contribution is -2.04. The molecule has 0 radical (unpaired) electrons. The van der Waals surface area contributed by atoms with E-state index >= 15 is 0 Å². The molecule has 2 aromatic rings. The van der Waals surface area contributed by atoms with Crippen molar-refractivity contribution in [2.75, 3.05) is 0 Å². The predicted molar refractivity (Wildman–Crippen MR) is 66.3 cm³/mol. The maximum atomic E-state index is 12.4. The second-order valence-corrected chi connectivity index (χ2v) is 5.21. The molecular weight excluding hydrogens is 313 g/mol. The summed E-state index contributed by atoms with van der Waals surface area (Å²) in [5.74, 6) is 0. The number of thiophene rings is 1. The van der Waals surface area contributed by atoms with Crippen LogP contribution in [0.3, 0.4) is 0 Å². The van der Waals surface area contributed by atoms with Gasteiger partial charge in [-0.25, -0.2) is 0 Å². The van der Waals surface area contributed by atoms with Crippen LogP contribution in [0, 0.1) is 0 Å². The van der Waals surface area contributed by atoms with Crippen molar-refractivity contribution in [3.8, 4) is 0 Å². The van der Waals surface area contributed by atoms with Crippen LogP contribution in [0.5, 0.6) is 0 Å². The normalized spacial score (nSPS) is 11.8. The smallest absolute Gasteiger partial charge is 0.166 e. The van der Waals surface area contributed by atoms with Crippen LogP contribution in [-0.4, -0.2) is 0 Å². The first-order chi connectivity index (χ1) is 7.97. The van der Waals surface area contributed by atoms with Crippen LogP contribution in [-0.2, 0) is 12.6 Å². The van der Waals surface area contributed by atoms with Gasteiger partial charge in [0.25, 0.3) is 0 Å². The SMILES string of the molecule is FC(F)(F)c1ccc(Cc2cscc2Br)cc1. The van der Waals surface area contributed by atoms with E-state index in [1.807, 2.05) is 10.8 Å². The lowest BCUT2D eigenvalue weighted by Gasteiger charge is -2.07. The zero-order chi connectivity index (χ0) is 12.5. The predicted octanol–water partition coefficient (Wildman–Crippen LogP) is 5.12. The van der Waals surface area contributed by atoms with Crippen LogP contribution in [0.25, 0.3) is 0 Å². The average Bonchev–Trinajstić information content (AvgIpc) is 2.64. The maximum absolute atomic E-state index is 12.4. The van der Waals surface area contributed by atoms with Gasteiger partial charge in [0.2, 0.25) is 0 Å². The molecule has 0 amide bonds. The van der Waals surface area contributed by atoms with Gasteiger partial charge in [0.05, 0.1) is 5.56 Å². The lowest BCUT2D eigenvalue weighted by molar-refractivity contribution is -0.137. The van der Waals surface area contributed by atoms with Gasteiger partial charge < -0.3 is 0 Å². The van der Waals surface area contributed by atoms with Gasteiger partial charge in [-0.15, -0.1) is 0 Å². The Labute approximate surface area is 109 Å². The van der Waals surface area contributed by atoms with Crippen LogP contribution in [0.2, 0.25) is 0 Å². The Kier molecular flexibility index (Phi) is 3.58. The Hall–Kier alpha value is -0.810. The zero-order valence-electron chi connectivity index (χ0n) is 8.59. The van der Waals surface area contributed by atoms with E-state index in [2.05, 4.69) is 15.9 Å². The topological polar surface area (TPSA) is 0 Å². The third kappa shape index (κ3) is 3.10. The van der Waals surface area contributed by atoms with Crippen molar-refractivity contribution in [1.29, 1.82) is 0 Å². The number of halogens is 4. The van der Waals surface area contributed by atoms with Gasteiger partial charge in [0, 0.05) is 9.85 Å². The van der Waals surface area contributed by atoms with Crippen LogP contribution in [0.1, 0.15) is 16.7 Å². The molecule has 1 aromatic heterocycles. The number of benzene rings is 1. The monoisotopic (exact) mass is 320 g/mol. The Balaban J connectivity index is 2.17. The van der Waals surface area contributed by atoms with Crippen LogP contribution in [0.4, 0.5) is 13.2 Å². The third-order valence-corrected chi connectivity index (χ3v) is 4.20. The Morgan fingerprint density at radius 3 is 2.18 bits per heavy atom. The van der Waals surface area contributed by atoms with Gasteiger partial charge in [-0.1, -0.05) is 12.1 Å². The summed E-state index contributed by atoms with van der Waals surface area (Å²) in [6.07, 6.45) is -3.62. The first-order valence-electron chi connectivity index (χ1n) is 4.83. The van der Waals surface area contributed by atoms with Crippen molar-refractivity contribution < 1.29 is 13.2 Å². The molecule has 17 heavy (non-hydrogen) atoms. The van der Waals surface area contributed by atoms with E-state index < -0.39 is 11.7 Å². The minimum Gasteiger partial charge on any atom is -0.166 e.